The Morgan fingerprint density at radius 3 is 1.89 bits per heavy atom. The van der Waals surface area contributed by atoms with Crippen molar-refractivity contribution in [2.75, 3.05) is 0 Å². The van der Waals surface area contributed by atoms with E-state index in [2.05, 4.69) is 115 Å². The molecule has 0 amide bonds. The van der Waals surface area contributed by atoms with Crippen molar-refractivity contribution in [3.8, 4) is 22.3 Å². The van der Waals surface area contributed by atoms with Gasteiger partial charge in [-0.1, -0.05) is 129 Å². The molecule has 1 aliphatic carbocycles. The zero-order valence-electron chi connectivity index (χ0n) is 22.6. The Bertz CT molecular complexity index is 1530. The van der Waals surface area contributed by atoms with Crippen molar-refractivity contribution >= 4 is 33.6 Å². The van der Waals surface area contributed by atoms with Crippen molar-refractivity contribution in [1.82, 2.24) is 0 Å². The van der Waals surface area contributed by atoms with E-state index in [9.17, 15) is 0 Å². The van der Waals surface area contributed by atoms with Crippen molar-refractivity contribution in [3.05, 3.63) is 102 Å². The van der Waals surface area contributed by atoms with Crippen LogP contribution in [0.1, 0.15) is 36.6 Å². The Morgan fingerprint density at radius 1 is 0.789 bits per heavy atom. The summed E-state index contributed by atoms with van der Waals surface area (Å²) in [5.41, 5.74) is 9.67. The second-order valence-corrected chi connectivity index (χ2v) is 16.4. The molecule has 0 bridgehead atoms. The molecule has 0 N–H and O–H groups in total. The second-order valence-electron chi connectivity index (χ2n) is 10.5. The maximum Gasteiger partial charge on any atom is -1.00 e. The average Bonchev–Trinajstić information content (AvgIpc) is 3.39. The van der Waals surface area contributed by atoms with Gasteiger partial charge in [-0.25, -0.2) is 0 Å². The summed E-state index contributed by atoms with van der Waals surface area (Å²) in [4.78, 5) is 0. The Kier molecular flexibility index (Phi) is 10.2. The smallest absolute Gasteiger partial charge is 1.00 e. The van der Waals surface area contributed by atoms with Gasteiger partial charge in [-0.05, 0) is 49.7 Å². The van der Waals surface area contributed by atoms with Gasteiger partial charge in [-0.15, -0.1) is 0 Å². The molecule has 38 heavy (non-hydrogen) atoms. The van der Waals surface area contributed by atoms with Crippen molar-refractivity contribution < 1.29 is 53.5 Å². The molecule has 6 rings (SSSR count). The van der Waals surface area contributed by atoms with E-state index in [0.29, 0.717) is 0 Å². The normalized spacial score (nSPS) is 12.5. The van der Waals surface area contributed by atoms with Gasteiger partial charge in [0.25, 0.3) is 0 Å². The molecular weight excluding hydrogens is 603 g/mol. The Labute approximate surface area is 255 Å². The molecule has 0 aromatic heterocycles. The first-order valence-corrected chi connectivity index (χ1v) is 17.6. The van der Waals surface area contributed by atoms with Gasteiger partial charge in [0.05, 0.1) is 0 Å². The molecular formula is C33H33Cl2OSiZr-. The van der Waals surface area contributed by atoms with Crippen LogP contribution in [-0.2, 0) is 35.1 Å². The third-order valence-electron chi connectivity index (χ3n) is 6.92. The predicted molar refractivity (Wildman–Crippen MR) is 155 cm³/mol. The van der Waals surface area contributed by atoms with Gasteiger partial charge in [0, 0.05) is 6.10 Å². The SMILES string of the molecule is CC(O[Si](C)(C)C)c1ccc2c(c1-[c-]1c3ccccc3c3ccccc31)Cc1ccccc1-2.C[CH]=[Zr+2].[Cl-].[Cl-]. The predicted octanol–water partition coefficient (Wildman–Crippen LogP) is 3.23. The number of benzene rings is 4. The maximum atomic E-state index is 6.66. The van der Waals surface area contributed by atoms with E-state index >= 15 is 0 Å². The number of hydrogen-bond donors (Lipinski definition) is 0. The Balaban J connectivity index is 0.000000766. The molecule has 0 fully saturated rings. The van der Waals surface area contributed by atoms with Crippen molar-refractivity contribution in [2.45, 2.75) is 46.0 Å². The summed E-state index contributed by atoms with van der Waals surface area (Å²) in [6.45, 7) is 11.1. The average molecular weight is 636 g/mol. The molecule has 1 atom stereocenters. The minimum Gasteiger partial charge on any atom is -1.00 e. The molecule has 0 saturated heterocycles. The molecule has 5 aromatic carbocycles. The summed E-state index contributed by atoms with van der Waals surface area (Å²) in [5.74, 6) is 0. The minimum absolute atomic E-state index is 0. The third kappa shape index (κ3) is 5.74. The van der Waals surface area contributed by atoms with Gasteiger partial charge in [0.1, 0.15) is 0 Å². The fourth-order valence-electron chi connectivity index (χ4n) is 5.74. The van der Waals surface area contributed by atoms with E-state index in [1.54, 1.807) is 0 Å². The standard InChI is InChI=1S/C31H29OSi.C2H4.2ClH.Zr/c1-20(32-33(2,3)4)22-17-18-26-23-12-6-5-11-21(23)19-29(26)30(22)31-27-15-9-7-13-24(27)25-14-8-10-16-28(25)31;1-2;;;/h5-18,20H,19H2,1-4H3;1H,2H3;2*1H;/q-1;;;;+2/p-2. The van der Waals surface area contributed by atoms with Gasteiger partial charge in [0.2, 0.25) is 0 Å². The quantitative estimate of drug-likeness (QED) is 0.214. The monoisotopic (exact) mass is 633 g/mol. The fraction of sp³-hybridized carbons (Fsp3) is 0.212. The van der Waals surface area contributed by atoms with Crippen LogP contribution in [0.2, 0.25) is 19.6 Å². The number of hydrogen-bond acceptors (Lipinski definition) is 1. The van der Waals surface area contributed by atoms with Crippen LogP contribution in [0.25, 0.3) is 43.8 Å². The van der Waals surface area contributed by atoms with Crippen LogP contribution in [0.5, 0.6) is 0 Å². The first-order valence-electron chi connectivity index (χ1n) is 12.8. The van der Waals surface area contributed by atoms with Gasteiger partial charge in [-0.2, -0.15) is 0 Å². The van der Waals surface area contributed by atoms with Crippen LogP contribution in [0.15, 0.2) is 84.9 Å². The summed E-state index contributed by atoms with van der Waals surface area (Å²) in [6.07, 6.45) is 1.02. The molecule has 0 aliphatic heterocycles. The summed E-state index contributed by atoms with van der Waals surface area (Å²) in [7, 11) is -1.71. The fourth-order valence-corrected chi connectivity index (χ4v) is 6.93. The van der Waals surface area contributed by atoms with Crippen LogP contribution in [0, 0.1) is 0 Å². The maximum absolute atomic E-state index is 6.66. The van der Waals surface area contributed by atoms with Gasteiger partial charge < -0.3 is 29.2 Å². The molecule has 5 aromatic rings. The van der Waals surface area contributed by atoms with Crippen LogP contribution in [0.3, 0.4) is 0 Å². The topological polar surface area (TPSA) is 9.23 Å². The summed E-state index contributed by atoms with van der Waals surface area (Å²) >= 11 is 1.51. The third-order valence-corrected chi connectivity index (χ3v) is 7.98. The van der Waals surface area contributed by atoms with E-state index in [0.717, 1.165) is 6.42 Å². The van der Waals surface area contributed by atoms with Crippen LogP contribution < -0.4 is 24.8 Å². The van der Waals surface area contributed by atoms with Crippen LogP contribution >= 0.6 is 0 Å². The van der Waals surface area contributed by atoms with Gasteiger partial charge >= 0.3 is 34.9 Å². The summed E-state index contributed by atoms with van der Waals surface area (Å²) < 4.78 is 8.75. The molecule has 0 heterocycles. The molecule has 1 nitrogen and oxygen atoms in total. The Morgan fingerprint density at radius 2 is 1.32 bits per heavy atom. The second kappa shape index (κ2) is 12.6. The first kappa shape index (κ1) is 30.8. The van der Waals surface area contributed by atoms with Crippen molar-refractivity contribution in [1.29, 1.82) is 0 Å². The summed E-state index contributed by atoms with van der Waals surface area (Å²) in [6, 6.07) is 31.3. The van der Waals surface area contributed by atoms with Crippen molar-refractivity contribution in [2.24, 2.45) is 0 Å². The molecule has 1 aliphatic rings. The molecule has 0 radical (unpaired) electrons. The molecule has 1 unspecified atom stereocenters. The van der Waals surface area contributed by atoms with Crippen LogP contribution in [-0.4, -0.2) is 12.0 Å². The van der Waals surface area contributed by atoms with Gasteiger partial charge in [-0.3, -0.25) is 0 Å². The molecule has 0 saturated carbocycles. The van der Waals surface area contributed by atoms with E-state index in [4.69, 9.17) is 4.43 Å². The van der Waals surface area contributed by atoms with E-state index in [1.165, 1.54) is 84.7 Å². The Hall–Kier alpha value is -1.74. The number of halogens is 2. The molecule has 0 spiro atoms. The first-order chi connectivity index (χ1) is 17.3. The van der Waals surface area contributed by atoms with E-state index in [-0.39, 0.29) is 30.9 Å². The van der Waals surface area contributed by atoms with Crippen molar-refractivity contribution in [3.63, 3.8) is 0 Å². The zero-order valence-corrected chi connectivity index (χ0v) is 27.6. The van der Waals surface area contributed by atoms with E-state index in [1.807, 2.05) is 6.92 Å². The van der Waals surface area contributed by atoms with Gasteiger partial charge in [0.15, 0.2) is 8.32 Å². The molecule has 194 valence electrons. The number of rotatable bonds is 4. The number of fused-ring (bicyclic) bond motifs is 6. The minimum atomic E-state index is -1.71. The van der Waals surface area contributed by atoms with Crippen LogP contribution in [0.4, 0.5) is 0 Å². The molecule has 5 heteroatoms. The largest absolute Gasteiger partial charge is 1.00 e. The zero-order chi connectivity index (χ0) is 25.4. The summed E-state index contributed by atoms with van der Waals surface area (Å²) in [5, 5.41) is 5.34. The van der Waals surface area contributed by atoms with E-state index < -0.39 is 8.32 Å².